The lowest BCUT2D eigenvalue weighted by Gasteiger charge is -2.05. The van der Waals surface area contributed by atoms with Crippen molar-refractivity contribution in [3.63, 3.8) is 0 Å². The van der Waals surface area contributed by atoms with Crippen molar-refractivity contribution in [2.45, 2.75) is 20.3 Å². The van der Waals surface area contributed by atoms with Crippen LogP contribution in [-0.2, 0) is 4.79 Å². The summed E-state index contributed by atoms with van der Waals surface area (Å²) >= 11 is 1.14. The summed E-state index contributed by atoms with van der Waals surface area (Å²) in [6.45, 7) is 3.34. The molecule has 4 aromatic heterocycles. The topological polar surface area (TPSA) is 83.6 Å². The van der Waals surface area contributed by atoms with Gasteiger partial charge in [0.2, 0.25) is 5.91 Å². The summed E-state index contributed by atoms with van der Waals surface area (Å²) in [5, 5.41) is 4.45. The average Bonchev–Trinajstić information content (AvgIpc) is 3.26. The number of aromatic amines is 1. The van der Waals surface area contributed by atoms with E-state index < -0.39 is 6.43 Å². The first-order valence-electron chi connectivity index (χ1n) is 8.39. The molecule has 1 amide bonds. The van der Waals surface area contributed by atoms with E-state index in [1.807, 2.05) is 13.0 Å². The number of amides is 1. The molecule has 0 aliphatic carbocycles. The molecule has 0 spiro atoms. The van der Waals surface area contributed by atoms with Gasteiger partial charge in [-0.05, 0) is 30.7 Å². The van der Waals surface area contributed by atoms with E-state index in [2.05, 4.69) is 25.3 Å². The molecule has 0 fully saturated rings. The molecule has 142 valence electrons. The second-order valence-electron chi connectivity index (χ2n) is 6.22. The summed E-state index contributed by atoms with van der Waals surface area (Å²) in [5.74, 6) is 0.159. The number of hydrogen-bond donors (Lipinski definition) is 2. The second-order valence-corrected chi connectivity index (χ2v) is 7.07. The van der Waals surface area contributed by atoms with Gasteiger partial charge in [-0.3, -0.25) is 9.78 Å². The van der Waals surface area contributed by atoms with Gasteiger partial charge in [0.05, 0.1) is 22.3 Å². The first kappa shape index (κ1) is 18.2. The Kier molecular flexibility index (Phi) is 4.60. The number of fused-ring (bicyclic) bond motifs is 1. The van der Waals surface area contributed by atoms with Crippen LogP contribution in [0.3, 0.4) is 0 Å². The first-order valence-corrected chi connectivity index (χ1v) is 9.27. The number of H-pyrrole nitrogens is 1. The van der Waals surface area contributed by atoms with Crippen molar-refractivity contribution in [1.29, 1.82) is 0 Å². The van der Waals surface area contributed by atoms with E-state index in [1.54, 1.807) is 24.5 Å². The predicted molar refractivity (Wildman–Crippen MR) is 104 cm³/mol. The molecule has 28 heavy (non-hydrogen) atoms. The summed E-state index contributed by atoms with van der Waals surface area (Å²) in [5.41, 5.74) is 4.24. The van der Waals surface area contributed by atoms with Crippen LogP contribution in [0.2, 0.25) is 0 Å². The molecule has 9 heteroatoms. The lowest BCUT2D eigenvalue weighted by atomic mass is 10.1. The number of anilines is 1. The maximum absolute atomic E-state index is 13.1. The number of carbonyl (C=O) groups is 1. The number of nitrogens with zero attached hydrogens (tertiary/aromatic N) is 3. The number of aryl methyl sites for hydroxylation is 1. The van der Waals surface area contributed by atoms with Gasteiger partial charge < -0.3 is 10.3 Å². The Morgan fingerprint density at radius 3 is 2.75 bits per heavy atom. The maximum Gasteiger partial charge on any atom is 0.281 e. The third-order valence-corrected chi connectivity index (χ3v) is 5.09. The summed E-state index contributed by atoms with van der Waals surface area (Å²) in [6, 6.07) is 5.36. The molecule has 0 atom stereocenters. The monoisotopic (exact) mass is 399 g/mol. The quantitative estimate of drug-likeness (QED) is 0.508. The lowest BCUT2D eigenvalue weighted by Crippen LogP contribution is -2.07. The Labute approximate surface area is 162 Å². The fourth-order valence-corrected chi connectivity index (χ4v) is 3.83. The molecule has 4 rings (SSSR count). The number of thiazole rings is 1. The van der Waals surface area contributed by atoms with E-state index in [0.717, 1.165) is 28.0 Å². The normalized spacial score (nSPS) is 11.3. The van der Waals surface area contributed by atoms with Gasteiger partial charge in [-0.25, -0.2) is 18.7 Å². The number of aromatic nitrogens is 4. The van der Waals surface area contributed by atoms with E-state index >= 15 is 0 Å². The van der Waals surface area contributed by atoms with Crippen LogP contribution in [0.5, 0.6) is 0 Å². The summed E-state index contributed by atoms with van der Waals surface area (Å²) in [7, 11) is 0. The highest BCUT2D eigenvalue weighted by atomic mass is 32.1. The van der Waals surface area contributed by atoms with Gasteiger partial charge in [-0.1, -0.05) is 0 Å². The highest BCUT2D eigenvalue weighted by Gasteiger charge is 2.22. The SMILES string of the molecule is CC(=O)Nc1cc(-c2[nH]c3c(C)ccnc3c2-c2nc(C(F)F)cs2)ccn1. The molecule has 4 heterocycles. The number of rotatable bonds is 4. The van der Waals surface area contributed by atoms with Gasteiger partial charge in [0.15, 0.2) is 0 Å². The summed E-state index contributed by atoms with van der Waals surface area (Å²) in [6.07, 6.45) is 0.610. The predicted octanol–water partition coefficient (Wildman–Crippen LogP) is 4.95. The van der Waals surface area contributed by atoms with Crippen molar-refractivity contribution in [3.05, 3.63) is 47.2 Å². The van der Waals surface area contributed by atoms with Gasteiger partial charge >= 0.3 is 0 Å². The van der Waals surface area contributed by atoms with E-state index in [4.69, 9.17) is 0 Å². The van der Waals surface area contributed by atoms with Crippen molar-refractivity contribution in [3.8, 4) is 21.8 Å². The molecule has 0 bridgehead atoms. The Hall–Kier alpha value is -3.20. The summed E-state index contributed by atoms with van der Waals surface area (Å²) < 4.78 is 26.1. The van der Waals surface area contributed by atoms with Crippen molar-refractivity contribution >= 4 is 34.1 Å². The number of hydrogen-bond acceptors (Lipinski definition) is 5. The van der Waals surface area contributed by atoms with Crippen LogP contribution in [0.1, 0.15) is 24.6 Å². The molecule has 0 radical (unpaired) electrons. The largest absolute Gasteiger partial charge is 0.352 e. The lowest BCUT2D eigenvalue weighted by molar-refractivity contribution is -0.114. The van der Waals surface area contributed by atoms with Crippen LogP contribution < -0.4 is 5.32 Å². The minimum absolute atomic E-state index is 0.236. The number of carbonyl (C=O) groups excluding carboxylic acids is 1. The summed E-state index contributed by atoms with van der Waals surface area (Å²) in [4.78, 5) is 27.4. The smallest absolute Gasteiger partial charge is 0.281 e. The maximum atomic E-state index is 13.1. The van der Waals surface area contributed by atoms with Crippen molar-refractivity contribution in [1.82, 2.24) is 19.9 Å². The van der Waals surface area contributed by atoms with Crippen molar-refractivity contribution in [2.75, 3.05) is 5.32 Å². The Morgan fingerprint density at radius 2 is 2.04 bits per heavy atom. The molecule has 0 saturated carbocycles. The van der Waals surface area contributed by atoms with Crippen LogP contribution in [-0.4, -0.2) is 25.8 Å². The molecule has 4 aromatic rings. The number of pyridine rings is 2. The van der Waals surface area contributed by atoms with Crippen molar-refractivity contribution in [2.24, 2.45) is 0 Å². The second kappa shape index (κ2) is 7.08. The third-order valence-electron chi connectivity index (χ3n) is 4.21. The van der Waals surface area contributed by atoms with Gasteiger partial charge in [0.25, 0.3) is 6.43 Å². The van der Waals surface area contributed by atoms with E-state index in [9.17, 15) is 13.6 Å². The van der Waals surface area contributed by atoms with Gasteiger partial charge in [-0.15, -0.1) is 11.3 Å². The first-order chi connectivity index (χ1) is 13.4. The Morgan fingerprint density at radius 1 is 1.25 bits per heavy atom. The third kappa shape index (κ3) is 3.24. The zero-order chi connectivity index (χ0) is 19.8. The van der Waals surface area contributed by atoms with Gasteiger partial charge in [-0.2, -0.15) is 0 Å². The Bertz CT molecular complexity index is 1180. The molecular formula is C19H15F2N5OS. The van der Waals surface area contributed by atoms with Gasteiger partial charge in [0.1, 0.15) is 16.5 Å². The fourth-order valence-electron chi connectivity index (χ4n) is 2.97. The Balaban J connectivity index is 1.95. The molecule has 0 aliphatic rings. The number of nitrogens with one attached hydrogen (secondary N) is 2. The minimum Gasteiger partial charge on any atom is -0.352 e. The molecule has 2 N–H and O–H groups in total. The number of alkyl halides is 2. The molecule has 0 unspecified atom stereocenters. The van der Waals surface area contributed by atoms with E-state index in [0.29, 0.717) is 27.6 Å². The van der Waals surface area contributed by atoms with E-state index in [1.165, 1.54) is 12.3 Å². The average molecular weight is 399 g/mol. The molecule has 0 aliphatic heterocycles. The van der Waals surface area contributed by atoms with Crippen LogP contribution in [0.15, 0.2) is 36.0 Å². The van der Waals surface area contributed by atoms with Crippen LogP contribution in [0.4, 0.5) is 14.6 Å². The molecule has 6 nitrogen and oxygen atoms in total. The van der Waals surface area contributed by atoms with Crippen LogP contribution >= 0.6 is 11.3 Å². The molecular weight excluding hydrogens is 384 g/mol. The van der Waals surface area contributed by atoms with Gasteiger partial charge in [0, 0.05) is 30.3 Å². The highest BCUT2D eigenvalue weighted by molar-refractivity contribution is 7.13. The van der Waals surface area contributed by atoms with E-state index in [-0.39, 0.29) is 11.6 Å². The molecule has 0 saturated heterocycles. The zero-order valence-electron chi connectivity index (χ0n) is 15.0. The number of halogens is 2. The van der Waals surface area contributed by atoms with Crippen molar-refractivity contribution < 1.29 is 13.6 Å². The van der Waals surface area contributed by atoms with Crippen LogP contribution in [0, 0.1) is 6.92 Å². The fraction of sp³-hybridized carbons (Fsp3) is 0.158. The zero-order valence-corrected chi connectivity index (χ0v) is 15.8. The standard InChI is InChI=1S/C19H15F2N5OS/c1-9-3-5-23-17-14(19-25-12(8-28-19)18(20)21)16(26-15(9)17)11-4-6-22-13(7-11)24-10(2)27/h3-8,18,26H,1-2H3,(H,22,24,27). The molecule has 0 aromatic carbocycles. The highest BCUT2D eigenvalue weighted by Crippen LogP contribution is 2.40. The van der Waals surface area contributed by atoms with Crippen LogP contribution in [0.25, 0.3) is 32.9 Å². The minimum atomic E-state index is -2.64.